The summed E-state index contributed by atoms with van der Waals surface area (Å²) in [6.45, 7) is 0.347. The highest BCUT2D eigenvalue weighted by atomic mass is 19.1. The molecule has 1 N–H and O–H groups in total. The number of cyclic esters (lactones) is 1. The van der Waals surface area contributed by atoms with Gasteiger partial charge in [0.1, 0.15) is 18.2 Å². The van der Waals surface area contributed by atoms with Gasteiger partial charge in [0.2, 0.25) is 0 Å². The molecule has 1 saturated heterocycles. The van der Waals surface area contributed by atoms with Crippen molar-refractivity contribution in [1.82, 2.24) is 0 Å². The zero-order valence-electron chi connectivity index (χ0n) is 12.9. The van der Waals surface area contributed by atoms with E-state index in [1.54, 1.807) is 0 Å². The van der Waals surface area contributed by atoms with E-state index in [-0.39, 0.29) is 36.6 Å². The van der Waals surface area contributed by atoms with Crippen LogP contribution < -0.4 is 10.2 Å². The van der Waals surface area contributed by atoms with Gasteiger partial charge in [0.15, 0.2) is 0 Å². The Hall–Kier alpha value is -3.23. The van der Waals surface area contributed by atoms with E-state index < -0.39 is 22.7 Å². The summed E-state index contributed by atoms with van der Waals surface area (Å²) in [6, 6.07) is 6.98. The standard InChI is InChI=1S/C16H13F2N3O4/c17-11-1-3-13(18)10(7-11)9-19-14-4-2-12(21(23)24)8-15(14)20-5-6-25-16(20)22/h1-4,7-8,19H,5-6,9H2. The number of rotatable bonds is 5. The highest BCUT2D eigenvalue weighted by molar-refractivity contribution is 5.94. The number of nitrogens with zero attached hydrogens (tertiary/aromatic N) is 2. The van der Waals surface area contributed by atoms with Gasteiger partial charge in [0.05, 0.1) is 22.8 Å². The highest BCUT2D eigenvalue weighted by Gasteiger charge is 2.27. The van der Waals surface area contributed by atoms with Crippen molar-refractivity contribution in [3.05, 3.63) is 63.7 Å². The third-order valence-electron chi connectivity index (χ3n) is 3.72. The summed E-state index contributed by atoms with van der Waals surface area (Å²) in [4.78, 5) is 23.4. The number of nitrogens with one attached hydrogen (secondary N) is 1. The molecule has 2 aromatic carbocycles. The number of hydrogen-bond donors (Lipinski definition) is 1. The average Bonchev–Trinajstić information content (AvgIpc) is 3.01. The first-order valence-electron chi connectivity index (χ1n) is 7.36. The minimum absolute atomic E-state index is 0.0582. The molecule has 7 nitrogen and oxygen atoms in total. The van der Waals surface area contributed by atoms with E-state index in [4.69, 9.17) is 4.74 Å². The molecule has 1 heterocycles. The molecular formula is C16H13F2N3O4. The number of anilines is 2. The maximum absolute atomic E-state index is 13.7. The second-order valence-electron chi connectivity index (χ2n) is 5.31. The van der Waals surface area contributed by atoms with Crippen LogP contribution in [0.1, 0.15) is 5.56 Å². The molecule has 0 spiro atoms. The molecule has 0 aliphatic carbocycles. The zero-order chi connectivity index (χ0) is 18.0. The lowest BCUT2D eigenvalue weighted by Gasteiger charge is -2.18. The van der Waals surface area contributed by atoms with Crippen LogP contribution in [-0.2, 0) is 11.3 Å². The van der Waals surface area contributed by atoms with Gasteiger partial charge in [-0.05, 0) is 24.3 Å². The van der Waals surface area contributed by atoms with Crippen LogP contribution in [0, 0.1) is 21.7 Å². The Kier molecular flexibility index (Phi) is 4.46. The van der Waals surface area contributed by atoms with Gasteiger partial charge in [-0.2, -0.15) is 0 Å². The van der Waals surface area contributed by atoms with Crippen LogP contribution in [0.15, 0.2) is 36.4 Å². The van der Waals surface area contributed by atoms with E-state index in [2.05, 4.69) is 5.32 Å². The Balaban J connectivity index is 1.90. The molecule has 1 aliphatic heterocycles. The summed E-state index contributed by atoms with van der Waals surface area (Å²) in [5.74, 6) is -1.16. The van der Waals surface area contributed by atoms with Crippen LogP contribution in [0.3, 0.4) is 0 Å². The third-order valence-corrected chi connectivity index (χ3v) is 3.72. The number of halogens is 2. The van der Waals surface area contributed by atoms with Crippen molar-refractivity contribution >= 4 is 23.2 Å². The first-order chi connectivity index (χ1) is 12.0. The van der Waals surface area contributed by atoms with Crippen molar-refractivity contribution in [2.24, 2.45) is 0 Å². The van der Waals surface area contributed by atoms with Gasteiger partial charge in [0, 0.05) is 24.2 Å². The normalized spacial score (nSPS) is 13.7. The largest absolute Gasteiger partial charge is 0.447 e. The average molecular weight is 349 g/mol. The number of carbonyl (C=O) groups excluding carboxylic acids is 1. The highest BCUT2D eigenvalue weighted by Crippen LogP contribution is 2.32. The van der Waals surface area contributed by atoms with Crippen molar-refractivity contribution in [2.45, 2.75) is 6.54 Å². The predicted octanol–water partition coefficient (Wildman–Crippen LogP) is 3.44. The monoisotopic (exact) mass is 349 g/mol. The van der Waals surface area contributed by atoms with E-state index in [1.165, 1.54) is 23.1 Å². The van der Waals surface area contributed by atoms with Gasteiger partial charge in [-0.25, -0.2) is 13.6 Å². The number of ether oxygens (including phenoxy) is 1. The molecule has 3 rings (SSSR count). The van der Waals surface area contributed by atoms with Crippen LogP contribution in [0.5, 0.6) is 0 Å². The number of benzene rings is 2. The Morgan fingerprint density at radius 1 is 1.24 bits per heavy atom. The number of nitro groups is 1. The molecule has 130 valence electrons. The molecule has 0 unspecified atom stereocenters. The van der Waals surface area contributed by atoms with Crippen LogP contribution >= 0.6 is 0 Å². The molecule has 1 aliphatic rings. The molecule has 0 atom stereocenters. The Morgan fingerprint density at radius 2 is 2.04 bits per heavy atom. The first kappa shape index (κ1) is 16.6. The molecule has 2 aromatic rings. The van der Waals surface area contributed by atoms with Crippen molar-refractivity contribution < 1.29 is 23.2 Å². The van der Waals surface area contributed by atoms with Gasteiger partial charge in [-0.3, -0.25) is 15.0 Å². The molecule has 0 aromatic heterocycles. The molecule has 0 saturated carbocycles. The second-order valence-corrected chi connectivity index (χ2v) is 5.31. The number of nitro benzene ring substituents is 1. The molecule has 9 heteroatoms. The molecule has 0 bridgehead atoms. The van der Waals surface area contributed by atoms with Crippen molar-refractivity contribution in [1.29, 1.82) is 0 Å². The predicted molar refractivity (Wildman–Crippen MR) is 85.5 cm³/mol. The molecule has 25 heavy (non-hydrogen) atoms. The van der Waals surface area contributed by atoms with Gasteiger partial charge >= 0.3 is 6.09 Å². The van der Waals surface area contributed by atoms with E-state index in [1.807, 2.05) is 0 Å². The molecular weight excluding hydrogens is 336 g/mol. The Morgan fingerprint density at radius 3 is 2.72 bits per heavy atom. The van der Waals surface area contributed by atoms with Crippen molar-refractivity contribution in [2.75, 3.05) is 23.4 Å². The summed E-state index contributed by atoms with van der Waals surface area (Å²) >= 11 is 0. The maximum atomic E-state index is 13.7. The Bertz CT molecular complexity index is 844. The topological polar surface area (TPSA) is 84.7 Å². The number of carbonyl (C=O) groups is 1. The fourth-order valence-electron chi connectivity index (χ4n) is 2.49. The number of non-ortho nitro benzene ring substituents is 1. The minimum Gasteiger partial charge on any atom is -0.447 e. The summed E-state index contributed by atoms with van der Waals surface area (Å²) in [7, 11) is 0. The van der Waals surface area contributed by atoms with Crippen LogP contribution in [0.25, 0.3) is 0 Å². The smallest absolute Gasteiger partial charge is 0.414 e. The van der Waals surface area contributed by atoms with E-state index in [0.29, 0.717) is 5.69 Å². The van der Waals surface area contributed by atoms with Gasteiger partial charge in [-0.15, -0.1) is 0 Å². The SMILES string of the molecule is O=C1OCCN1c1cc([N+](=O)[O-])ccc1NCc1cc(F)ccc1F. The van der Waals surface area contributed by atoms with E-state index in [0.717, 1.165) is 18.2 Å². The lowest BCUT2D eigenvalue weighted by molar-refractivity contribution is -0.384. The van der Waals surface area contributed by atoms with Crippen LogP contribution in [-0.4, -0.2) is 24.2 Å². The lowest BCUT2D eigenvalue weighted by atomic mass is 10.1. The Labute approximate surface area is 141 Å². The molecule has 1 amide bonds. The fraction of sp³-hybridized carbons (Fsp3) is 0.188. The molecule has 1 fully saturated rings. The van der Waals surface area contributed by atoms with E-state index >= 15 is 0 Å². The zero-order valence-corrected chi connectivity index (χ0v) is 12.9. The van der Waals surface area contributed by atoms with Crippen LogP contribution in [0.2, 0.25) is 0 Å². The third kappa shape index (κ3) is 3.49. The number of hydrogen-bond acceptors (Lipinski definition) is 5. The lowest BCUT2D eigenvalue weighted by Crippen LogP contribution is -2.24. The summed E-state index contributed by atoms with van der Waals surface area (Å²) in [5, 5.41) is 13.9. The minimum atomic E-state index is -0.625. The van der Waals surface area contributed by atoms with E-state index in [9.17, 15) is 23.7 Å². The second kappa shape index (κ2) is 6.71. The fourth-order valence-corrected chi connectivity index (χ4v) is 2.49. The summed E-state index contributed by atoms with van der Waals surface area (Å²) in [5.41, 5.74) is 0.507. The summed E-state index contributed by atoms with van der Waals surface area (Å²) in [6.07, 6.45) is -0.625. The van der Waals surface area contributed by atoms with Gasteiger partial charge in [-0.1, -0.05) is 0 Å². The maximum Gasteiger partial charge on any atom is 0.414 e. The molecule has 0 radical (unpaired) electrons. The first-order valence-corrected chi connectivity index (χ1v) is 7.36. The quantitative estimate of drug-likeness (QED) is 0.660. The van der Waals surface area contributed by atoms with Crippen LogP contribution in [0.4, 0.5) is 30.6 Å². The van der Waals surface area contributed by atoms with Gasteiger partial charge < -0.3 is 10.1 Å². The van der Waals surface area contributed by atoms with Crippen molar-refractivity contribution in [3.63, 3.8) is 0 Å². The van der Waals surface area contributed by atoms with Gasteiger partial charge in [0.25, 0.3) is 5.69 Å². The van der Waals surface area contributed by atoms with Crippen molar-refractivity contribution in [3.8, 4) is 0 Å². The summed E-state index contributed by atoms with van der Waals surface area (Å²) < 4.78 is 31.8. The number of amides is 1.